The van der Waals surface area contributed by atoms with Gasteiger partial charge in [0.25, 0.3) is 0 Å². The molecule has 164 valence electrons. The van der Waals surface area contributed by atoms with E-state index >= 15 is 0 Å². The molecule has 0 aliphatic heterocycles. The average molecular weight is 478 g/mol. The number of aryl methyl sites for hydroxylation is 1. The highest BCUT2D eigenvalue weighted by Crippen LogP contribution is 2.34. The number of carbonyl (C=O) groups is 1. The number of methoxy groups -OCH3 is 1. The lowest BCUT2D eigenvalue weighted by molar-refractivity contribution is -0.121. The summed E-state index contributed by atoms with van der Waals surface area (Å²) in [4.78, 5) is 12.3. The molecule has 5 nitrogen and oxygen atoms in total. The monoisotopic (exact) mass is 477 g/mol. The number of hydrogen-bond donors (Lipinski definition) is 1. The van der Waals surface area contributed by atoms with Gasteiger partial charge in [-0.2, -0.15) is 0 Å². The maximum atomic E-state index is 12.3. The van der Waals surface area contributed by atoms with Crippen LogP contribution in [0.2, 0.25) is 0 Å². The zero-order valence-electron chi connectivity index (χ0n) is 18.5. The van der Waals surface area contributed by atoms with E-state index in [9.17, 15) is 4.79 Å². The molecule has 0 saturated heterocycles. The van der Waals surface area contributed by atoms with Gasteiger partial charge in [-0.3, -0.25) is 4.79 Å². The van der Waals surface area contributed by atoms with Gasteiger partial charge < -0.3 is 19.5 Å². The highest BCUT2D eigenvalue weighted by Gasteiger charge is 2.12. The summed E-state index contributed by atoms with van der Waals surface area (Å²) >= 11 is 3.55. The predicted octanol–water partition coefficient (Wildman–Crippen LogP) is 5.67. The lowest BCUT2D eigenvalue weighted by Gasteiger charge is -2.16. The fourth-order valence-corrected chi connectivity index (χ4v) is 3.42. The second-order valence-electron chi connectivity index (χ2n) is 7.70. The summed E-state index contributed by atoms with van der Waals surface area (Å²) in [7, 11) is 1.61. The van der Waals surface area contributed by atoms with Gasteiger partial charge in [0.2, 0.25) is 5.91 Å². The minimum Gasteiger partial charge on any atom is -0.493 e. The van der Waals surface area contributed by atoms with Crippen molar-refractivity contribution < 1.29 is 19.0 Å². The van der Waals surface area contributed by atoms with Gasteiger partial charge in [-0.25, -0.2) is 0 Å². The van der Waals surface area contributed by atoms with Crippen molar-refractivity contribution in [1.29, 1.82) is 0 Å². The Morgan fingerprint density at radius 1 is 1.00 bits per heavy atom. The molecule has 0 aliphatic rings. The molecule has 0 heterocycles. The number of carbonyl (C=O) groups excluding carboxylic acids is 1. The van der Waals surface area contributed by atoms with E-state index < -0.39 is 0 Å². The topological polar surface area (TPSA) is 56.8 Å². The Morgan fingerprint density at radius 3 is 2.27 bits per heavy atom. The van der Waals surface area contributed by atoms with Crippen molar-refractivity contribution >= 4 is 21.8 Å². The SMILES string of the molecule is COc1cc(Br)c(CNC(=O)CCCc2ccc(OC(C)C)cc2)cc1OC(C)C. The predicted molar refractivity (Wildman–Crippen MR) is 123 cm³/mol. The lowest BCUT2D eigenvalue weighted by Crippen LogP contribution is -2.22. The quantitative estimate of drug-likeness (QED) is 0.452. The maximum absolute atomic E-state index is 12.3. The van der Waals surface area contributed by atoms with Crippen LogP contribution in [0.25, 0.3) is 0 Å². The zero-order chi connectivity index (χ0) is 22.1. The number of amides is 1. The average Bonchev–Trinajstić information content (AvgIpc) is 2.68. The molecule has 0 spiro atoms. The summed E-state index contributed by atoms with van der Waals surface area (Å²) in [5, 5.41) is 2.99. The van der Waals surface area contributed by atoms with Crippen molar-refractivity contribution in [3.05, 3.63) is 52.0 Å². The summed E-state index contributed by atoms with van der Waals surface area (Å²) < 4.78 is 17.7. The third-order valence-corrected chi connectivity index (χ3v) is 5.07. The Hall–Kier alpha value is -2.21. The number of rotatable bonds is 11. The van der Waals surface area contributed by atoms with E-state index in [1.54, 1.807) is 7.11 Å². The fourth-order valence-electron chi connectivity index (χ4n) is 2.96. The molecule has 0 radical (unpaired) electrons. The number of hydrogen-bond acceptors (Lipinski definition) is 4. The van der Waals surface area contributed by atoms with Crippen molar-refractivity contribution in [2.45, 2.75) is 65.7 Å². The Balaban J connectivity index is 1.83. The Kier molecular flexibility index (Phi) is 9.50. The summed E-state index contributed by atoms with van der Waals surface area (Å²) in [6.45, 7) is 8.38. The summed E-state index contributed by atoms with van der Waals surface area (Å²) in [5.74, 6) is 2.24. The van der Waals surface area contributed by atoms with Gasteiger partial charge in [0.05, 0.1) is 19.3 Å². The van der Waals surface area contributed by atoms with E-state index in [2.05, 4.69) is 33.4 Å². The number of ether oxygens (including phenoxy) is 3. The maximum Gasteiger partial charge on any atom is 0.220 e. The molecule has 2 rings (SSSR count). The highest BCUT2D eigenvalue weighted by molar-refractivity contribution is 9.10. The van der Waals surface area contributed by atoms with Gasteiger partial charge in [0, 0.05) is 17.4 Å². The van der Waals surface area contributed by atoms with Crippen LogP contribution in [0.3, 0.4) is 0 Å². The van der Waals surface area contributed by atoms with E-state index in [0.29, 0.717) is 24.5 Å². The van der Waals surface area contributed by atoms with E-state index in [0.717, 1.165) is 28.6 Å². The molecule has 0 saturated carbocycles. The third-order valence-electron chi connectivity index (χ3n) is 4.34. The largest absolute Gasteiger partial charge is 0.493 e. The van der Waals surface area contributed by atoms with Crippen LogP contribution in [0.15, 0.2) is 40.9 Å². The number of benzene rings is 2. The summed E-state index contributed by atoms with van der Waals surface area (Å²) in [6.07, 6.45) is 2.33. The third kappa shape index (κ3) is 7.90. The molecule has 0 fully saturated rings. The van der Waals surface area contributed by atoms with Gasteiger partial charge >= 0.3 is 0 Å². The van der Waals surface area contributed by atoms with E-state index in [4.69, 9.17) is 14.2 Å². The first-order chi connectivity index (χ1) is 14.3. The van der Waals surface area contributed by atoms with Crippen molar-refractivity contribution in [1.82, 2.24) is 5.32 Å². The van der Waals surface area contributed by atoms with Crippen molar-refractivity contribution in [2.24, 2.45) is 0 Å². The van der Waals surface area contributed by atoms with Crippen LogP contribution < -0.4 is 19.5 Å². The van der Waals surface area contributed by atoms with Crippen LogP contribution in [0, 0.1) is 0 Å². The minimum absolute atomic E-state index is 0.0313. The summed E-state index contributed by atoms with van der Waals surface area (Å²) in [5.41, 5.74) is 2.15. The normalized spacial score (nSPS) is 10.9. The Labute approximate surface area is 188 Å². The second kappa shape index (κ2) is 11.8. The van der Waals surface area contributed by atoms with Gasteiger partial charge in [0.15, 0.2) is 11.5 Å². The molecule has 0 aliphatic carbocycles. The molecular formula is C24H32BrNO4. The van der Waals surface area contributed by atoms with E-state index in [1.807, 2.05) is 52.0 Å². The standard InChI is InChI=1S/C24H32BrNO4/c1-16(2)29-20-11-9-18(10-12-20)7-6-8-24(27)26-15-19-13-23(30-17(3)4)22(28-5)14-21(19)25/h9-14,16-17H,6-8,15H2,1-5H3,(H,26,27). The van der Waals surface area contributed by atoms with E-state index in [1.165, 1.54) is 5.56 Å². The molecule has 2 aromatic carbocycles. The highest BCUT2D eigenvalue weighted by atomic mass is 79.9. The van der Waals surface area contributed by atoms with Crippen LogP contribution in [-0.4, -0.2) is 25.2 Å². The smallest absolute Gasteiger partial charge is 0.220 e. The zero-order valence-corrected chi connectivity index (χ0v) is 20.0. The Morgan fingerprint density at radius 2 is 1.67 bits per heavy atom. The molecular weight excluding hydrogens is 446 g/mol. The Bertz CT molecular complexity index is 819. The molecule has 6 heteroatoms. The van der Waals surface area contributed by atoms with Crippen molar-refractivity contribution in [3.8, 4) is 17.2 Å². The van der Waals surface area contributed by atoms with Gasteiger partial charge in [-0.1, -0.05) is 28.1 Å². The van der Waals surface area contributed by atoms with Crippen molar-refractivity contribution in [2.75, 3.05) is 7.11 Å². The fraction of sp³-hybridized carbons (Fsp3) is 0.458. The first-order valence-corrected chi connectivity index (χ1v) is 11.1. The molecule has 0 aromatic heterocycles. The molecule has 0 unspecified atom stereocenters. The van der Waals surface area contributed by atoms with Crippen LogP contribution in [0.1, 0.15) is 51.7 Å². The van der Waals surface area contributed by atoms with Gasteiger partial charge in [0.1, 0.15) is 5.75 Å². The number of nitrogens with one attached hydrogen (secondary N) is 1. The van der Waals surface area contributed by atoms with E-state index in [-0.39, 0.29) is 18.1 Å². The van der Waals surface area contributed by atoms with Gasteiger partial charge in [-0.15, -0.1) is 0 Å². The van der Waals surface area contributed by atoms with Crippen LogP contribution in [0.5, 0.6) is 17.2 Å². The van der Waals surface area contributed by atoms with Crippen LogP contribution >= 0.6 is 15.9 Å². The second-order valence-corrected chi connectivity index (χ2v) is 8.56. The first-order valence-electron chi connectivity index (χ1n) is 10.3. The lowest BCUT2D eigenvalue weighted by atomic mass is 10.1. The van der Waals surface area contributed by atoms with Gasteiger partial charge in [-0.05, 0) is 75.9 Å². The van der Waals surface area contributed by atoms with Crippen molar-refractivity contribution in [3.63, 3.8) is 0 Å². The molecule has 1 N–H and O–H groups in total. The minimum atomic E-state index is 0.0313. The first kappa shape index (κ1) is 24.1. The molecule has 30 heavy (non-hydrogen) atoms. The molecule has 1 amide bonds. The number of halogens is 1. The molecule has 0 bridgehead atoms. The summed E-state index contributed by atoms with van der Waals surface area (Å²) in [6, 6.07) is 11.8. The molecule has 0 atom stereocenters. The molecule has 2 aromatic rings. The van der Waals surface area contributed by atoms with Crippen LogP contribution in [0.4, 0.5) is 0 Å². The van der Waals surface area contributed by atoms with Crippen LogP contribution in [-0.2, 0) is 17.8 Å².